The average molecular weight is 335 g/mol. The van der Waals surface area contributed by atoms with Gasteiger partial charge in [-0.3, -0.25) is 9.78 Å². The molecule has 1 amide bonds. The third-order valence-corrected chi connectivity index (χ3v) is 4.95. The fourth-order valence-corrected chi connectivity index (χ4v) is 3.56. The molecule has 0 radical (unpaired) electrons. The zero-order valence-electron chi connectivity index (χ0n) is 14.3. The first-order valence-electron chi connectivity index (χ1n) is 8.70. The van der Waals surface area contributed by atoms with Crippen molar-refractivity contribution in [3.63, 3.8) is 0 Å². The molecule has 1 saturated heterocycles. The number of rotatable bonds is 3. The summed E-state index contributed by atoms with van der Waals surface area (Å²) in [6.07, 6.45) is 5.03. The molecule has 6 nitrogen and oxygen atoms in total. The molecule has 1 aromatic carbocycles. The third-order valence-electron chi connectivity index (χ3n) is 4.95. The summed E-state index contributed by atoms with van der Waals surface area (Å²) < 4.78 is 0. The average Bonchev–Trinajstić information content (AvgIpc) is 3.09. The highest BCUT2D eigenvalue weighted by Crippen LogP contribution is 2.23. The molecule has 25 heavy (non-hydrogen) atoms. The normalized spacial score (nSPS) is 15.6. The maximum atomic E-state index is 12.7. The van der Waals surface area contributed by atoms with Gasteiger partial charge in [-0.05, 0) is 68.0 Å². The lowest BCUT2D eigenvalue weighted by atomic mass is 9.90. The molecule has 3 aromatic rings. The maximum absolute atomic E-state index is 12.7. The molecule has 1 aliphatic rings. The van der Waals surface area contributed by atoms with Crippen LogP contribution in [0.5, 0.6) is 0 Å². The standard InChI is InChI=1S/C19H21N5O/c1-13-10-15(4-7-20-13)11-14-5-8-24(9-6-14)19(25)16-2-3-17-18(12-16)22-23-21-17/h2-4,7,10,12,14H,5-6,8-9,11H2,1H3,(H,21,22,23). The number of likely N-dealkylation sites (tertiary alicyclic amines) is 1. The minimum atomic E-state index is 0.0862. The molecule has 0 bridgehead atoms. The van der Waals surface area contributed by atoms with Crippen molar-refractivity contribution in [1.82, 2.24) is 25.3 Å². The summed E-state index contributed by atoms with van der Waals surface area (Å²) in [5.41, 5.74) is 4.60. The van der Waals surface area contributed by atoms with E-state index >= 15 is 0 Å². The van der Waals surface area contributed by atoms with E-state index in [1.54, 1.807) is 0 Å². The van der Waals surface area contributed by atoms with E-state index in [9.17, 15) is 4.79 Å². The number of hydrogen-bond acceptors (Lipinski definition) is 4. The Labute approximate surface area is 146 Å². The number of nitrogens with one attached hydrogen (secondary N) is 1. The Morgan fingerprint density at radius 2 is 1.96 bits per heavy atom. The number of carbonyl (C=O) groups excluding carboxylic acids is 1. The van der Waals surface area contributed by atoms with Gasteiger partial charge in [-0.1, -0.05) is 0 Å². The lowest BCUT2D eigenvalue weighted by Gasteiger charge is -2.32. The highest BCUT2D eigenvalue weighted by atomic mass is 16.2. The first-order valence-corrected chi connectivity index (χ1v) is 8.70. The molecule has 1 N–H and O–H groups in total. The Hall–Kier alpha value is -2.76. The molecular weight excluding hydrogens is 314 g/mol. The monoisotopic (exact) mass is 335 g/mol. The van der Waals surface area contributed by atoms with Gasteiger partial charge in [0.25, 0.3) is 5.91 Å². The van der Waals surface area contributed by atoms with Crippen molar-refractivity contribution >= 4 is 16.9 Å². The van der Waals surface area contributed by atoms with Crippen LogP contribution in [0.2, 0.25) is 0 Å². The Morgan fingerprint density at radius 1 is 1.16 bits per heavy atom. The van der Waals surface area contributed by atoms with E-state index in [2.05, 4.69) is 32.5 Å². The molecule has 0 spiro atoms. The van der Waals surface area contributed by atoms with Crippen LogP contribution in [0.25, 0.3) is 11.0 Å². The van der Waals surface area contributed by atoms with Crippen LogP contribution in [0.3, 0.4) is 0 Å². The first kappa shape index (κ1) is 15.7. The number of fused-ring (bicyclic) bond motifs is 1. The summed E-state index contributed by atoms with van der Waals surface area (Å²) >= 11 is 0. The topological polar surface area (TPSA) is 74.8 Å². The summed E-state index contributed by atoms with van der Waals surface area (Å²) in [6, 6.07) is 9.74. The van der Waals surface area contributed by atoms with Gasteiger partial charge in [-0.25, -0.2) is 0 Å². The van der Waals surface area contributed by atoms with E-state index < -0.39 is 0 Å². The van der Waals surface area contributed by atoms with Crippen molar-refractivity contribution in [2.75, 3.05) is 13.1 Å². The number of aryl methyl sites for hydroxylation is 1. The summed E-state index contributed by atoms with van der Waals surface area (Å²) in [5, 5.41) is 10.7. The number of nitrogens with zero attached hydrogens (tertiary/aromatic N) is 4. The predicted octanol–water partition coefficient (Wildman–Crippen LogP) is 2.76. The lowest BCUT2D eigenvalue weighted by molar-refractivity contribution is 0.0690. The Morgan fingerprint density at radius 3 is 2.76 bits per heavy atom. The quantitative estimate of drug-likeness (QED) is 0.798. The first-order chi connectivity index (χ1) is 12.2. The van der Waals surface area contributed by atoms with Crippen LogP contribution in [-0.2, 0) is 6.42 Å². The van der Waals surface area contributed by atoms with Crippen LogP contribution in [-0.4, -0.2) is 44.3 Å². The molecular formula is C19H21N5O. The van der Waals surface area contributed by atoms with Crippen LogP contribution >= 0.6 is 0 Å². The number of hydrogen-bond donors (Lipinski definition) is 1. The van der Waals surface area contributed by atoms with Crippen LogP contribution in [0, 0.1) is 12.8 Å². The van der Waals surface area contributed by atoms with Crippen molar-refractivity contribution in [2.45, 2.75) is 26.2 Å². The molecule has 4 rings (SSSR count). The SMILES string of the molecule is Cc1cc(CC2CCN(C(=O)c3ccc4n[nH]nc4c3)CC2)ccn1. The minimum absolute atomic E-state index is 0.0862. The number of carbonyl (C=O) groups is 1. The van der Waals surface area contributed by atoms with Gasteiger partial charge in [0.15, 0.2) is 0 Å². The van der Waals surface area contributed by atoms with E-state index in [4.69, 9.17) is 0 Å². The molecule has 128 valence electrons. The Kier molecular flexibility index (Phi) is 4.17. The van der Waals surface area contributed by atoms with Crippen LogP contribution in [0.1, 0.15) is 34.5 Å². The summed E-state index contributed by atoms with van der Waals surface area (Å²) in [4.78, 5) is 18.9. The third kappa shape index (κ3) is 3.38. The molecule has 1 fully saturated rings. The number of amides is 1. The Balaban J connectivity index is 1.38. The molecule has 0 unspecified atom stereocenters. The number of aromatic amines is 1. The van der Waals surface area contributed by atoms with Gasteiger partial charge >= 0.3 is 0 Å². The minimum Gasteiger partial charge on any atom is -0.339 e. The highest BCUT2D eigenvalue weighted by Gasteiger charge is 2.24. The van der Waals surface area contributed by atoms with E-state index in [0.29, 0.717) is 11.5 Å². The zero-order chi connectivity index (χ0) is 17.2. The van der Waals surface area contributed by atoms with Gasteiger partial charge in [-0.15, -0.1) is 0 Å². The number of benzene rings is 1. The number of piperidine rings is 1. The molecule has 0 saturated carbocycles. The molecule has 0 atom stereocenters. The predicted molar refractivity (Wildman–Crippen MR) is 95.2 cm³/mol. The molecule has 6 heteroatoms. The number of aromatic nitrogens is 4. The van der Waals surface area contributed by atoms with Gasteiger partial charge in [-0.2, -0.15) is 15.4 Å². The highest BCUT2D eigenvalue weighted by molar-refractivity contribution is 5.97. The Bertz CT molecular complexity index is 895. The lowest BCUT2D eigenvalue weighted by Crippen LogP contribution is -2.38. The maximum Gasteiger partial charge on any atom is 0.253 e. The number of H-pyrrole nitrogens is 1. The van der Waals surface area contributed by atoms with E-state index in [0.717, 1.165) is 49.1 Å². The summed E-state index contributed by atoms with van der Waals surface area (Å²) in [5.74, 6) is 0.715. The van der Waals surface area contributed by atoms with Crippen molar-refractivity contribution in [3.8, 4) is 0 Å². The second kappa shape index (κ2) is 6.63. The van der Waals surface area contributed by atoms with Gasteiger partial charge in [0.1, 0.15) is 11.0 Å². The van der Waals surface area contributed by atoms with Gasteiger partial charge in [0, 0.05) is 30.5 Å². The van der Waals surface area contributed by atoms with Crippen LogP contribution in [0.15, 0.2) is 36.5 Å². The van der Waals surface area contributed by atoms with E-state index in [1.807, 2.05) is 36.2 Å². The summed E-state index contributed by atoms with van der Waals surface area (Å²) in [6.45, 7) is 3.64. The zero-order valence-corrected chi connectivity index (χ0v) is 14.3. The second-order valence-corrected chi connectivity index (χ2v) is 6.77. The van der Waals surface area contributed by atoms with E-state index in [-0.39, 0.29) is 5.91 Å². The van der Waals surface area contributed by atoms with Gasteiger partial charge in [0.05, 0.1) is 0 Å². The van der Waals surface area contributed by atoms with Crippen molar-refractivity contribution in [1.29, 1.82) is 0 Å². The summed E-state index contributed by atoms with van der Waals surface area (Å²) in [7, 11) is 0. The fourth-order valence-electron chi connectivity index (χ4n) is 3.56. The smallest absolute Gasteiger partial charge is 0.253 e. The van der Waals surface area contributed by atoms with Crippen LogP contribution < -0.4 is 0 Å². The van der Waals surface area contributed by atoms with Gasteiger partial charge < -0.3 is 4.90 Å². The molecule has 1 aliphatic heterocycles. The van der Waals surface area contributed by atoms with Crippen molar-refractivity contribution < 1.29 is 4.79 Å². The van der Waals surface area contributed by atoms with E-state index in [1.165, 1.54) is 5.56 Å². The molecule has 2 aromatic heterocycles. The van der Waals surface area contributed by atoms with Crippen molar-refractivity contribution in [2.24, 2.45) is 5.92 Å². The molecule has 3 heterocycles. The van der Waals surface area contributed by atoms with Gasteiger partial charge in [0.2, 0.25) is 0 Å². The largest absolute Gasteiger partial charge is 0.339 e. The number of pyridine rings is 1. The van der Waals surface area contributed by atoms with Crippen molar-refractivity contribution in [3.05, 3.63) is 53.3 Å². The second-order valence-electron chi connectivity index (χ2n) is 6.77. The van der Waals surface area contributed by atoms with Crippen LogP contribution in [0.4, 0.5) is 0 Å². The fraction of sp³-hybridized carbons (Fsp3) is 0.368. The molecule has 0 aliphatic carbocycles.